The van der Waals surface area contributed by atoms with Gasteiger partial charge < -0.3 is 15.0 Å². The van der Waals surface area contributed by atoms with E-state index in [0.29, 0.717) is 25.7 Å². The van der Waals surface area contributed by atoms with Gasteiger partial charge in [0.05, 0.1) is 13.2 Å². The monoisotopic (exact) mass is 290 g/mol. The van der Waals surface area contributed by atoms with E-state index < -0.39 is 6.04 Å². The summed E-state index contributed by atoms with van der Waals surface area (Å²) in [5.41, 5.74) is 0.826. The molecule has 0 radical (unpaired) electrons. The third-order valence-electron chi connectivity index (χ3n) is 3.34. The zero-order valence-electron chi connectivity index (χ0n) is 12.5. The lowest BCUT2D eigenvalue weighted by molar-refractivity contribution is -0.146. The Kier molecular flexibility index (Phi) is 5.33. The van der Waals surface area contributed by atoms with E-state index in [-0.39, 0.29) is 18.4 Å². The Labute approximate surface area is 125 Å². The van der Waals surface area contributed by atoms with Gasteiger partial charge in [0, 0.05) is 13.2 Å². The van der Waals surface area contributed by atoms with E-state index in [1.807, 2.05) is 30.3 Å². The van der Waals surface area contributed by atoms with E-state index in [1.54, 1.807) is 4.90 Å². The van der Waals surface area contributed by atoms with Crippen molar-refractivity contribution in [3.05, 3.63) is 35.9 Å². The van der Waals surface area contributed by atoms with Gasteiger partial charge in [-0.2, -0.15) is 0 Å². The Morgan fingerprint density at radius 1 is 1.29 bits per heavy atom. The third-order valence-corrected chi connectivity index (χ3v) is 3.34. The van der Waals surface area contributed by atoms with Crippen LogP contribution in [0.15, 0.2) is 30.3 Å². The molecule has 1 aliphatic rings. The number of amides is 2. The van der Waals surface area contributed by atoms with Gasteiger partial charge in [-0.1, -0.05) is 44.2 Å². The molecule has 0 bridgehead atoms. The van der Waals surface area contributed by atoms with Crippen LogP contribution in [0.2, 0.25) is 0 Å². The van der Waals surface area contributed by atoms with Crippen LogP contribution < -0.4 is 5.32 Å². The molecule has 1 fully saturated rings. The fraction of sp³-hybridized carbons (Fsp3) is 0.500. The van der Waals surface area contributed by atoms with Crippen molar-refractivity contribution in [2.24, 2.45) is 5.92 Å². The predicted molar refractivity (Wildman–Crippen MR) is 79.6 cm³/mol. The molecule has 114 valence electrons. The maximum absolute atomic E-state index is 12.1. The van der Waals surface area contributed by atoms with Crippen molar-refractivity contribution in [2.75, 3.05) is 26.3 Å². The largest absolute Gasteiger partial charge is 0.379 e. The molecule has 0 aromatic heterocycles. The van der Waals surface area contributed by atoms with Gasteiger partial charge in [-0.15, -0.1) is 0 Å². The summed E-state index contributed by atoms with van der Waals surface area (Å²) in [6.07, 6.45) is 0. The maximum Gasteiger partial charge on any atom is 0.247 e. The van der Waals surface area contributed by atoms with Gasteiger partial charge in [0.25, 0.3) is 0 Å². The number of hydrogen-bond acceptors (Lipinski definition) is 3. The summed E-state index contributed by atoms with van der Waals surface area (Å²) >= 11 is 0. The standard InChI is InChI=1S/C16H22N2O3/c1-12(2)11-21-9-8-18-14(19)10-17-16(20)15(18)13-6-4-3-5-7-13/h3-7,12,15H,8-11H2,1-2H3,(H,17,20). The van der Waals surface area contributed by atoms with E-state index in [2.05, 4.69) is 19.2 Å². The lowest BCUT2D eigenvalue weighted by atomic mass is 10.0. The summed E-state index contributed by atoms with van der Waals surface area (Å²) in [5.74, 6) is 0.247. The Morgan fingerprint density at radius 3 is 2.67 bits per heavy atom. The molecule has 0 spiro atoms. The second-order valence-corrected chi connectivity index (χ2v) is 5.59. The average Bonchev–Trinajstić information content (AvgIpc) is 2.47. The first-order valence-electron chi connectivity index (χ1n) is 7.29. The number of nitrogens with one attached hydrogen (secondary N) is 1. The lowest BCUT2D eigenvalue weighted by Crippen LogP contribution is -2.54. The Morgan fingerprint density at radius 2 is 2.00 bits per heavy atom. The van der Waals surface area contributed by atoms with Crippen molar-refractivity contribution in [1.29, 1.82) is 0 Å². The van der Waals surface area contributed by atoms with Gasteiger partial charge >= 0.3 is 0 Å². The number of carbonyl (C=O) groups excluding carboxylic acids is 2. The molecule has 1 unspecified atom stereocenters. The molecule has 1 aliphatic heterocycles. The van der Waals surface area contributed by atoms with Crippen LogP contribution in [-0.4, -0.2) is 43.0 Å². The SMILES string of the molecule is CC(C)COCCN1C(=O)CNC(=O)C1c1ccccc1. The van der Waals surface area contributed by atoms with Crippen LogP contribution in [0.1, 0.15) is 25.5 Å². The lowest BCUT2D eigenvalue weighted by Gasteiger charge is -2.35. The van der Waals surface area contributed by atoms with Crippen LogP contribution in [-0.2, 0) is 14.3 Å². The van der Waals surface area contributed by atoms with E-state index in [4.69, 9.17) is 4.74 Å². The molecule has 0 saturated carbocycles. The summed E-state index contributed by atoms with van der Waals surface area (Å²) in [4.78, 5) is 25.9. The van der Waals surface area contributed by atoms with Crippen molar-refractivity contribution in [2.45, 2.75) is 19.9 Å². The van der Waals surface area contributed by atoms with Gasteiger partial charge in [-0.3, -0.25) is 9.59 Å². The zero-order valence-corrected chi connectivity index (χ0v) is 12.5. The molecule has 5 nitrogen and oxygen atoms in total. The minimum atomic E-state index is -0.560. The number of carbonyl (C=O) groups is 2. The second-order valence-electron chi connectivity index (χ2n) is 5.59. The fourth-order valence-electron chi connectivity index (χ4n) is 2.35. The molecule has 2 amide bonds. The third kappa shape index (κ3) is 4.04. The van der Waals surface area contributed by atoms with Crippen molar-refractivity contribution in [3.8, 4) is 0 Å². The Bertz CT molecular complexity index is 488. The minimum absolute atomic E-state index is 0.0619. The number of piperazine rings is 1. The predicted octanol–water partition coefficient (Wildman–Crippen LogP) is 1.36. The molecule has 1 aromatic carbocycles. The van der Waals surface area contributed by atoms with Crippen molar-refractivity contribution in [3.63, 3.8) is 0 Å². The molecule has 1 atom stereocenters. The molecule has 2 rings (SSSR count). The number of nitrogens with zero attached hydrogens (tertiary/aromatic N) is 1. The van der Waals surface area contributed by atoms with E-state index in [1.165, 1.54) is 0 Å². The van der Waals surface area contributed by atoms with Crippen LogP contribution in [0, 0.1) is 5.92 Å². The fourth-order valence-corrected chi connectivity index (χ4v) is 2.35. The highest BCUT2D eigenvalue weighted by atomic mass is 16.5. The van der Waals surface area contributed by atoms with Crippen LogP contribution >= 0.6 is 0 Å². The average molecular weight is 290 g/mol. The number of benzene rings is 1. The molecule has 21 heavy (non-hydrogen) atoms. The molecule has 1 heterocycles. The molecule has 1 N–H and O–H groups in total. The highest BCUT2D eigenvalue weighted by Gasteiger charge is 2.35. The molecule has 1 saturated heterocycles. The van der Waals surface area contributed by atoms with Gasteiger partial charge in [-0.25, -0.2) is 0 Å². The molecular weight excluding hydrogens is 268 g/mol. The van der Waals surface area contributed by atoms with Gasteiger partial charge in [-0.05, 0) is 11.5 Å². The van der Waals surface area contributed by atoms with Crippen molar-refractivity contribution in [1.82, 2.24) is 10.2 Å². The zero-order chi connectivity index (χ0) is 15.2. The van der Waals surface area contributed by atoms with E-state index in [9.17, 15) is 9.59 Å². The Hall–Kier alpha value is -1.88. The van der Waals surface area contributed by atoms with Gasteiger partial charge in [0.15, 0.2) is 0 Å². The summed E-state index contributed by atoms with van der Waals surface area (Å²) in [5, 5.41) is 2.65. The van der Waals surface area contributed by atoms with Crippen LogP contribution in [0.3, 0.4) is 0 Å². The van der Waals surface area contributed by atoms with Crippen LogP contribution in [0.25, 0.3) is 0 Å². The topological polar surface area (TPSA) is 58.6 Å². The van der Waals surface area contributed by atoms with Crippen molar-refractivity contribution >= 4 is 11.8 Å². The van der Waals surface area contributed by atoms with Gasteiger partial charge in [0.2, 0.25) is 11.8 Å². The highest BCUT2D eigenvalue weighted by molar-refractivity contribution is 5.95. The first kappa shape index (κ1) is 15.5. The molecular formula is C16H22N2O3. The number of hydrogen-bond donors (Lipinski definition) is 1. The van der Waals surface area contributed by atoms with E-state index in [0.717, 1.165) is 5.56 Å². The molecule has 5 heteroatoms. The summed E-state index contributed by atoms with van der Waals surface area (Å²) in [6.45, 7) is 5.74. The first-order valence-corrected chi connectivity index (χ1v) is 7.29. The summed E-state index contributed by atoms with van der Waals surface area (Å²) in [6, 6.07) is 8.80. The minimum Gasteiger partial charge on any atom is -0.379 e. The first-order chi connectivity index (χ1) is 10.1. The molecule has 1 aromatic rings. The summed E-state index contributed by atoms with van der Waals surface area (Å²) < 4.78 is 5.54. The number of ether oxygens (including phenoxy) is 1. The normalized spacial score (nSPS) is 19.0. The maximum atomic E-state index is 12.1. The van der Waals surface area contributed by atoms with Crippen LogP contribution in [0.5, 0.6) is 0 Å². The van der Waals surface area contributed by atoms with E-state index >= 15 is 0 Å². The second kappa shape index (κ2) is 7.22. The number of rotatable bonds is 6. The van der Waals surface area contributed by atoms with Crippen LogP contribution in [0.4, 0.5) is 0 Å². The summed E-state index contributed by atoms with van der Waals surface area (Å²) in [7, 11) is 0. The Balaban J connectivity index is 2.06. The smallest absolute Gasteiger partial charge is 0.247 e. The molecule has 0 aliphatic carbocycles. The van der Waals surface area contributed by atoms with Crippen molar-refractivity contribution < 1.29 is 14.3 Å². The van der Waals surface area contributed by atoms with Gasteiger partial charge in [0.1, 0.15) is 6.04 Å². The quantitative estimate of drug-likeness (QED) is 0.805. The highest BCUT2D eigenvalue weighted by Crippen LogP contribution is 2.23.